The molecule has 1 aromatic carbocycles. The van der Waals surface area contributed by atoms with Crippen molar-refractivity contribution in [3.63, 3.8) is 0 Å². The predicted molar refractivity (Wildman–Crippen MR) is 73.3 cm³/mol. The van der Waals surface area contributed by atoms with Crippen molar-refractivity contribution in [1.29, 1.82) is 0 Å². The van der Waals surface area contributed by atoms with E-state index < -0.39 is 10.0 Å². The summed E-state index contributed by atoms with van der Waals surface area (Å²) >= 11 is 6.02. The quantitative estimate of drug-likeness (QED) is 0.766. The van der Waals surface area contributed by atoms with Gasteiger partial charge in [-0.3, -0.25) is 4.72 Å². The summed E-state index contributed by atoms with van der Waals surface area (Å²) in [6.07, 6.45) is 1.46. The highest BCUT2D eigenvalue weighted by Gasteiger charge is 2.16. The Labute approximate surface area is 107 Å². The van der Waals surface area contributed by atoms with Crippen LogP contribution in [0.1, 0.15) is 20.3 Å². The van der Waals surface area contributed by atoms with Crippen LogP contribution in [0.3, 0.4) is 0 Å². The van der Waals surface area contributed by atoms with Crippen LogP contribution < -0.4 is 10.0 Å². The second kappa shape index (κ2) is 5.60. The highest BCUT2D eigenvalue weighted by Crippen LogP contribution is 2.31. The van der Waals surface area contributed by atoms with Gasteiger partial charge in [0.25, 0.3) is 0 Å². The van der Waals surface area contributed by atoms with Crippen LogP contribution in [-0.2, 0) is 10.0 Å². The maximum absolute atomic E-state index is 11.7. The standard InChI is InChI=1S/C10H13ClN2O2S.CH4/c11-8-4-3-5-9-10(8)12-6-1-2-7-16(14,15)13-9;/h3-5,12-13H,1-2,6-7H2;1H4. The number of hydrogen-bond donors (Lipinski definition) is 2. The number of rotatable bonds is 0. The molecule has 0 aromatic heterocycles. The SMILES string of the molecule is C.O=S1(=O)CCCCNc2c(Cl)cccc2N1. The van der Waals surface area contributed by atoms with Crippen molar-refractivity contribution < 1.29 is 8.42 Å². The molecule has 0 radical (unpaired) electrons. The van der Waals surface area contributed by atoms with Crippen LogP contribution >= 0.6 is 11.6 Å². The Morgan fingerprint density at radius 2 is 2.00 bits per heavy atom. The molecule has 1 aromatic rings. The molecular formula is C11H17ClN2O2S. The van der Waals surface area contributed by atoms with Crippen molar-refractivity contribution in [2.24, 2.45) is 0 Å². The molecule has 2 rings (SSSR count). The smallest absolute Gasteiger partial charge is 0.232 e. The van der Waals surface area contributed by atoms with E-state index in [4.69, 9.17) is 11.6 Å². The molecule has 96 valence electrons. The van der Waals surface area contributed by atoms with E-state index in [0.29, 0.717) is 22.8 Å². The lowest BCUT2D eigenvalue weighted by molar-refractivity contribution is 0.597. The van der Waals surface area contributed by atoms with Gasteiger partial charge in [0, 0.05) is 6.54 Å². The van der Waals surface area contributed by atoms with Crippen LogP contribution in [0, 0.1) is 0 Å². The molecule has 2 N–H and O–H groups in total. The van der Waals surface area contributed by atoms with Gasteiger partial charge in [-0.25, -0.2) is 8.42 Å². The molecule has 1 heterocycles. The first kappa shape index (κ1) is 14.1. The summed E-state index contributed by atoms with van der Waals surface area (Å²) in [7, 11) is -3.24. The lowest BCUT2D eigenvalue weighted by Crippen LogP contribution is -2.16. The summed E-state index contributed by atoms with van der Waals surface area (Å²) in [4.78, 5) is 0. The van der Waals surface area contributed by atoms with Gasteiger partial charge in [0.15, 0.2) is 0 Å². The Balaban J connectivity index is 0.00000144. The Morgan fingerprint density at radius 3 is 2.76 bits per heavy atom. The molecule has 6 heteroatoms. The monoisotopic (exact) mass is 276 g/mol. The topological polar surface area (TPSA) is 58.2 Å². The van der Waals surface area contributed by atoms with E-state index in [1.165, 1.54) is 0 Å². The van der Waals surface area contributed by atoms with Crippen molar-refractivity contribution in [2.45, 2.75) is 20.3 Å². The van der Waals surface area contributed by atoms with E-state index in [-0.39, 0.29) is 13.2 Å². The zero-order valence-corrected chi connectivity index (χ0v) is 10.2. The number of sulfonamides is 1. The zero-order chi connectivity index (χ0) is 11.6. The minimum Gasteiger partial charge on any atom is -0.382 e. The highest BCUT2D eigenvalue weighted by atomic mass is 35.5. The third-order valence-electron chi connectivity index (χ3n) is 2.42. The van der Waals surface area contributed by atoms with E-state index in [1.807, 2.05) is 0 Å². The largest absolute Gasteiger partial charge is 0.382 e. The van der Waals surface area contributed by atoms with E-state index in [1.54, 1.807) is 18.2 Å². The lowest BCUT2D eigenvalue weighted by Gasteiger charge is -2.12. The molecule has 0 amide bonds. The van der Waals surface area contributed by atoms with Gasteiger partial charge in [-0.05, 0) is 25.0 Å². The summed E-state index contributed by atoms with van der Waals surface area (Å²) in [5.41, 5.74) is 1.18. The molecule has 4 nitrogen and oxygen atoms in total. The van der Waals surface area contributed by atoms with E-state index in [2.05, 4.69) is 10.0 Å². The first-order chi connectivity index (χ1) is 7.58. The third kappa shape index (κ3) is 3.51. The fourth-order valence-corrected chi connectivity index (χ4v) is 3.07. The van der Waals surface area contributed by atoms with Crippen LogP contribution in [0.2, 0.25) is 5.02 Å². The Morgan fingerprint density at radius 1 is 1.24 bits per heavy atom. The van der Waals surface area contributed by atoms with E-state index in [9.17, 15) is 8.42 Å². The maximum atomic E-state index is 11.7. The van der Waals surface area contributed by atoms with Gasteiger partial charge in [-0.15, -0.1) is 0 Å². The van der Waals surface area contributed by atoms with Gasteiger partial charge in [-0.2, -0.15) is 0 Å². The molecule has 0 saturated heterocycles. The molecule has 0 bridgehead atoms. The van der Waals surface area contributed by atoms with E-state index in [0.717, 1.165) is 13.0 Å². The van der Waals surface area contributed by atoms with Gasteiger partial charge in [-0.1, -0.05) is 25.1 Å². The van der Waals surface area contributed by atoms with Gasteiger partial charge in [0.2, 0.25) is 10.0 Å². The van der Waals surface area contributed by atoms with Crippen LogP contribution in [0.4, 0.5) is 11.4 Å². The predicted octanol–water partition coefficient (Wildman–Crippen LogP) is 2.92. The average Bonchev–Trinajstić information content (AvgIpc) is 2.26. The average molecular weight is 277 g/mol. The molecule has 0 unspecified atom stereocenters. The molecule has 0 spiro atoms. The maximum Gasteiger partial charge on any atom is 0.232 e. The van der Waals surface area contributed by atoms with Crippen molar-refractivity contribution in [2.75, 3.05) is 22.3 Å². The highest BCUT2D eigenvalue weighted by molar-refractivity contribution is 7.92. The van der Waals surface area contributed by atoms with Crippen molar-refractivity contribution in [1.82, 2.24) is 0 Å². The molecule has 0 aliphatic carbocycles. The Bertz CT molecular complexity index is 488. The summed E-state index contributed by atoms with van der Waals surface area (Å²) in [6.45, 7) is 0.730. The molecular weight excluding hydrogens is 260 g/mol. The summed E-state index contributed by atoms with van der Waals surface area (Å²) in [5, 5.41) is 3.68. The number of benzene rings is 1. The summed E-state index contributed by atoms with van der Waals surface area (Å²) in [6, 6.07) is 5.17. The van der Waals surface area contributed by atoms with Gasteiger partial charge >= 0.3 is 0 Å². The third-order valence-corrected chi connectivity index (χ3v) is 4.09. The second-order valence-corrected chi connectivity index (χ2v) is 5.97. The van der Waals surface area contributed by atoms with Gasteiger partial charge < -0.3 is 5.32 Å². The normalized spacial score (nSPS) is 18.2. The zero-order valence-electron chi connectivity index (χ0n) is 8.66. The van der Waals surface area contributed by atoms with Crippen LogP contribution in [0.5, 0.6) is 0 Å². The Hall–Kier alpha value is -0.940. The van der Waals surface area contributed by atoms with Crippen LogP contribution in [0.25, 0.3) is 0 Å². The molecule has 0 fully saturated rings. The molecule has 0 atom stereocenters. The Kier molecular flexibility index (Phi) is 4.65. The van der Waals surface area contributed by atoms with Crippen LogP contribution in [0.15, 0.2) is 18.2 Å². The fourth-order valence-electron chi connectivity index (χ4n) is 1.64. The fraction of sp³-hybridized carbons (Fsp3) is 0.455. The van der Waals surface area contributed by atoms with Crippen LogP contribution in [-0.4, -0.2) is 20.7 Å². The van der Waals surface area contributed by atoms with Gasteiger partial charge in [0.05, 0.1) is 22.2 Å². The van der Waals surface area contributed by atoms with Gasteiger partial charge in [0.1, 0.15) is 0 Å². The number of anilines is 2. The minimum atomic E-state index is -3.24. The van der Waals surface area contributed by atoms with E-state index >= 15 is 0 Å². The van der Waals surface area contributed by atoms with Crippen molar-refractivity contribution in [3.05, 3.63) is 23.2 Å². The number of halogens is 1. The number of fused-ring (bicyclic) bond motifs is 1. The number of nitrogens with one attached hydrogen (secondary N) is 2. The van der Waals surface area contributed by atoms with Crippen molar-refractivity contribution >= 4 is 33.0 Å². The summed E-state index contributed by atoms with van der Waals surface area (Å²) in [5.74, 6) is 0.153. The lowest BCUT2D eigenvalue weighted by atomic mass is 10.2. The molecule has 17 heavy (non-hydrogen) atoms. The molecule has 0 saturated carbocycles. The molecule has 1 aliphatic heterocycles. The first-order valence-corrected chi connectivity index (χ1v) is 7.14. The minimum absolute atomic E-state index is 0. The number of hydrogen-bond acceptors (Lipinski definition) is 3. The first-order valence-electron chi connectivity index (χ1n) is 5.11. The van der Waals surface area contributed by atoms with Crippen molar-refractivity contribution in [3.8, 4) is 0 Å². The number of para-hydroxylation sites is 1. The summed E-state index contributed by atoms with van der Waals surface area (Å²) < 4.78 is 25.9. The molecule has 1 aliphatic rings. The second-order valence-electron chi connectivity index (χ2n) is 3.72.